The van der Waals surface area contributed by atoms with Crippen LogP contribution in [0.1, 0.15) is 28.5 Å². The molecule has 27 heavy (non-hydrogen) atoms. The largest absolute Gasteiger partial charge is 0.454 e. The number of Topliss-reactive ketones (excluding diaryl/α,β-unsaturated/α-hetero) is 1. The van der Waals surface area contributed by atoms with Gasteiger partial charge in [-0.3, -0.25) is 9.78 Å². The summed E-state index contributed by atoms with van der Waals surface area (Å²) in [7, 11) is 0. The van der Waals surface area contributed by atoms with Crippen LogP contribution in [0.15, 0.2) is 55.2 Å². The van der Waals surface area contributed by atoms with Crippen LogP contribution in [-0.4, -0.2) is 20.7 Å². The van der Waals surface area contributed by atoms with Crippen molar-refractivity contribution in [3.63, 3.8) is 0 Å². The van der Waals surface area contributed by atoms with E-state index < -0.39 is 5.92 Å². The Labute approximate surface area is 159 Å². The Morgan fingerprint density at radius 1 is 1.11 bits per heavy atom. The van der Waals surface area contributed by atoms with Crippen molar-refractivity contribution in [2.24, 2.45) is 0 Å². The summed E-state index contributed by atoms with van der Waals surface area (Å²) >= 11 is 6.07. The second kappa shape index (κ2) is 7.75. The van der Waals surface area contributed by atoms with Crippen LogP contribution in [0.25, 0.3) is 0 Å². The van der Waals surface area contributed by atoms with Crippen molar-refractivity contribution in [3.05, 3.63) is 77.1 Å². The van der Waals surface area contributed by atoms with Crippen LogP contribution in [0.3, 0.4) is 0 Å². The lowest BCUT2D eigenvalue weighted by molar-refractivity contribution is 0.0171. The van der Waals surface area contributed by atoms with E-state index in [2.05, 4.69) is 15.0 Å². The van der Waals surface area contributed by atoms with Crippen LogP contribution in [0.2, 0.25) is 5.02 Å². The maximum absolute atomic E-state index is 13.2. The van der Waals surface area contributed by atoms with E-state index in [1.807, 2.05) is 0 Å². The minimum Gasteiger partial charge on any atom is -0.454 e. The number of halogens is 3. The number of alkyl halides is 2. The normalized spacial score (nSPS) is 11.3. The predicted molar refractivity (Wildman–Crippen MR) is 95.4 cm³/mol. The molecule has 0 atom stereocenters. The number of benzene rings is 1. The number of rotatable bonds is 6. The van der Waals surface area contributed by atoms with Gasteiger partial charge >= 0.3 is 0 Å². The van der Waals surface area contributed by atoms with Crippen molar-refractivity contribution < 1.29 is 18.3 Å². The summed E-state index contributed by atoms with van der Waals surface area (Å²) in [4.78, 5) is 24.2. The summed E-state index contributed by atoms with van der Waals surface area (Å²) in [5, 5.41) is 0.321. The van der Waals surface area contributed by atoms with Crippen molar-refractivity contribution in [1.82, 2.24) is 15.0 Å². The molecule has 0 fully saturated rings. The third-order valence-corrected chi connectivity index (χ3v) is 3.86. The van der Waals surface area contributed by atoms with E-state index in [0.29, 0.717) is 27.8 Å². The fourth-order valence-corrected chi connectivity index (χ4v) is 2.54. The Morgan fingerprint density at radius 3 is 2.48 bits per heavy atom. The van der Waals surface area contributed by atoms with Gasteiger partial charge in [-0.1, -0.05) is 11.6 Å². The van der Waals surface area contributed by atoms with Gasteiger partial charge < -0.3 is 4.74 Å². The van der Waals surface area contributed by atoms with Crippen LogP contribution in [-0.2, 0) is 12.3 Å². The summed E-state index contributed by atoms with van der Waals surface area (Å²) in [6.45, 7) is 0.792. The second-order valence-corrected chi connectivity index (χ2v) is 6.31. The van der Waals surface area contributed by atoms with Crippen LogP contribution in [0.4, 0.5) is 8.78 Å². The molecule has 2 aromatic heterocycles. The van der Waals surface area contributed by atoms with Gasteiger partial charge in [0, 0.05) is 35.0 Å². The molecule has 0 amide bonds. The Hall–Kier alpha value is -2.93. The predicted octanol–water partition coefficient (Wildman–Crippen LogP) is 4.85. The molecule has 0 saturated heterocycles. The highest BCUT2D eigenvalue weighted by Gasteiger charge is 2.24. The quantitative estimate of drug-likeness (QED) is 0.563. The minimum absolute atomic E-state index is 0.0518. The van der Waals surface area contributed by atoms with Crippen LogP contribution >= 0.6 is 11.6 Å². The molecule has 3 aromatic rings. The standard InChI is InChI=1S/C19H14ClF2N3O2/c1-19(21,22)13-2-3-15(25-8-13)7-18(26)12-4-14(20)6-16(5-12)27-17-9-23-11-24-10-17/h2-6,8-11H,7H2,1H3. The van der Waals surface area contributed by atoms with Gasteiger partial charge in [-0.2, -0.15) is 0 Å². The third-order valence-electron chi connectivity index (χ3n) is 3.64. The molecule has 0 aliphatic carbocycles. The Kier molecular flexibility index (Phi) is 5.41. The van der Waals surface area contributed by atoms with Crippen molar-refractivity contribution in [2.75, 3.05) is 0 Å². The maximum Gasteiger partial charge on any atom is 0.272 e. The Morgan fingerprint density at radius 2 is 1.85 bits per heavy atom. The van der Waals surface area contributed by atoms with Crippen LogP contribution < -0.4 is 4.74 Å². The highest BCUT2D eigenvalue weighted by molar-refractivity contribution is 6.31. The topological polar surface area (TPSA) is 65.0 Å². The van der Waals surface area contributed by atoms with Gasteiger partial charge in [-0.25, -0.2) is 18.7 Å². The highest BCUT2D eigenvalue weighted by Crippen LogP contribution is 2.27. The summed E-state index contributed by atoms with van der Waals surface area (Å²) in [5.74, 6) is -2.49. The Balaban J connectivity index is 1.76. The van der Waals surface area contributed by atoms with Gasteiger partial charge in [0.05, 0.1) is 18.8 Å². The van der Waals surface area contributed by atoms with Gasteiger partial charge in [0.2, 0.25) is 0 Å². The fraction of sp³-hybridized carbons (Fsp3) is 0.158. The lowest BCUT2D eigenvalue weighted by Crippen LogP contribution is -2.09. The summed E-state index contributed by atoms with van der Waals surface area (Å²) < 4.78 is 32.1. The zero-order valence-corrected chi connectivity index (χ0v) is 15.0. The van der Waals surface area contributed by atoms with Crippen LogP contribution in [0.5, 0.6) is 11.5 Å². The number of hydrogen-bond donors (Lipinski definition) is 0. The van der Waals surface area contributed by atoms with E-state index in [0.717, 1.165) is 13.1 Å². The number of pyridine rings is 1. The summed E-state index contributed by atoms with van der Waals surface area (Å²) in [6, 6.07) is 7.27. The number of ether oxygens (including phenoxy) is 1. The maximum atomic E-state index is 13.2. The van der Waals surface area contributed by atoms with Crippen molar-refractivity contribution in [2.45, 2.75) is 19.3 Å². The molecule has 0 aliphatic heterocycles. The number of nitrogens with zero attached hydrogens (tertiary/aromatic N) is 3. The molecule has 0 saturated carbocycles. The second-order valence-electron chi connectivity index (χ2n) is 5.88. The number of ketones is 1. The van der Waals surface area contributed by atoms with Crippen molar-refractivity contribution in [1.29, 1.82) is 0 Å². The molecule has 138 valence electrons. The average Bonchev–Trinajstić information content (AvgIpc) is 2.62. The first kappa shape index (κ1) is 18.8. The monoisotopic (exact) mass is 389 g/mol. The minimum atomic E-state index is -2.98. The van der Waals surface area contributed by atoms with E-state index in [4.69, 9.17) is 16.3 Å². The summed E-state index contributed by atoms with van der Waals surface area (Å²) in [5.41, 5.74) is 0.496. The number of carbonyl (C=O) groups excluding carboxylic acids is 1. The number of carbonyl (C=O) groups is 1. The van der Waals surface area contributed by atoms with Gasteiger partial charge in [-0.15, -0.1) is 0 Å². The lowest BCUT2D eigenvalue weighted by Gasteiger charge is -2.10. The Bertz CT molecular complexity index is 945. The van der Waals surface area contributed by atoms with E-state index in [-0.39, 0.29) is 17.8 Å². The first-order chi connectivity index (χ1) is 12.8. The van der Waals surface area contributed by atoms with Gasteiger partial charge in [-0.05, 0) is 30.3 Å². The van der Waals surface area contributed by atoms with E-state index in [9.17, 15) is 13.6 Å². The fourth-order valence-electron chi connectivity index (χ4n) is 2.31. The highest BCUT2D eigenvalue weighted by atomic mass is 35.5. The van der Waals surface area contributed by atoms with Crippen molar-refractivity contribution >= 4 is 17.4 Å². The van der Waals surface area contributed by atoms with E-state index in [1.165, 1.54) is 43.0 Å². The first-order valence-electron chi connectivity index (χ1n) is 7.91. The first-order valence-corrected chi connectivity index (χ1v) is 8.29. The molecule has 0 N–H and O–H groups in total. The molecule has 0 unspecified atom stereocenters. The molecule has 0 aliphatic rings. The third kappa shape index (κ3) is 5.04. The molecule has 5 nitrogen and oxygen atoms in total. The van der Waals surface area contributed by atoms with Crippen molar-refractivity contribution in [3.8, 4) is 11.5 Å². The van der Waals surface area contributed by atoms with Crippen LogP contribution in [0, 0.1) is 0 Å². The lowest BCUT2D eigenvalue weighted by atomic mass is 10.0. The molecule has 0 spiro atoms. The molecular formula is C19H14ClF2N3O2. The zero-order chi connectivity index (χ0) is 19.4. The van der Waals surface area contributed by atoms with E-state index in [1.54, 1.807) is 6.07 Å². The zero-order valence-electron chi connectivity index (χ0n) is 14.2. The number of hydrogen-bond acceptors (Lipinski definition) is 5. The van der Waals surface area contributed by atoms with E-state index >= 15 is 0 Å². The molecule has 3 rings (SSSR count). The van der Waals surface area contributed by atoms with Gasteiger partial charge in [0.1, 0.15) is 12.1 Å². The molecule has 1 aromatic carbocycles. The average molecular weight is 390 g/mol. The molecule has 2 heterocycles. The SMILES string of the molecule is CC(F)(F)c1ccc(CC(=O)c2cc(Cl)cc(Oc3cncnc3)c2)nc1. The smallest absolute Gasteiger partial charge is 0.272 e. The molecule has 8 heteroatoms. The molecule has 0 bridgehead atoms. The summed E-state index contributed by atoms with van der Waals surface area (Å²) in [6.07, 6.45) is 5.34. The molecule has 0 radical (unpaired) electrons. The molecular weight excluding hydrogens is 376 g/mol. The van der Waals surface area contributed by atoms with Gasteiger partial charge in [0.25, 0.3) is 5.92 Å². The number of aromatic nitrogens is 3. The van der Waals surface area contributed by atoms with Gasteiger partial charge in [0.15, 0.2) is 11.5 Å².